The summed E-state index contributed by atoms with van der Waals surface area (Å²) in [7, 11) is 0. The minimum absolute atomic E-state index is 0.818. The van der Waals surface area contributed by atoms with Gasteiger partial charge < -0.3 is 10.6 Å². The molecule has 0 aromatic carbocycles. The first-order chi connectivity index (χ1) is 8.29. The second kappa shape index (κ2) is 6.33. The average molecular weight is 254 g/mol. The Morgan fingerprint density at radius 3 is 2.65 bits per heavy atom. The van der Waals surface area contributed by atoms with E-state index in [0.29, 0.717) is 0 Å². The molecule has 2 rings (SSSR count). The lowest BCUT2D eigenvalue weighted by Crippen LogP contribution is -2.46. The van der Waals surface area contributed by atoms with Gasteiger partial charge in [0.1, 0.15) is 0 Å². The number of nitrogens with zero attached hydrogens (tertiary/aromatic N) is 3. The SMILES string of the molecule is Cc1csc(N2CCN(CCCCN)CC2)n1. The van der Waals surface area contributed by atoms with E-state index in [2.05, 4.69) is 27.1 Å². The van der Waals surface area contributed by atoms with Gasteiger partial charge in [0.25, 0.3) is 0 Å². The van der Waals surface area contributed by atoms with Gasteiger partial charge in [-0.3, -0.25) is 4.90 Å². The van der Waals surface area contributed by atoms with Crippen molar-refractivity contribution in [2.75, 3.05) is 44.2 Å². The van der Waals surface area contributed by atoms with Gasteiger partial charge in [-0.05, 0) is 32.9 Å². The lowest BCUT2D eigenvalue weighted by atomic mass is 10.2. The van der Waals surface area contributed by atoms with Crippen molar-refractivity contribution in [3.63, 3.8) is 0 Å². The van der Waals surface area contributed by atoms with E-state index in [1.807, 2.05) is 0 Å². The molecule has 5 heteroatoms. The van der Waals surface area contributed by atoms with Gasteiger partial charge in [0, 0.05) is 31.6 Å². The summed E-state index contributed by atoms with van der Waals surface area (Å²) in [4.78, 5) is 9.48. The van der Waals surface area contributed by atoms with Crippen LogP contribution in [0.25, 0.3) is 0 Å². The van der Waals surface area contributed by atoms with E-state index < -0.39 is 0 Å². The maximum Gasteiger partial charge on any atom is 0.185 e. The summed E-state index contributed by atoms with van der Waals surface area (Å²) >= 11 is 1.76. The third kappa shape index (κ3) is 3.66. The normalized spacial score (nSPS) is 17.6. The molecule has 1 aromatic heterocycles. The molecule has 1 aliphatic heterocycles. The first-order valence-electron chi connectivity index (χ1n) is 6.39. The number of rotatable bonds is 5. The number of thiazole rings is 1. The van der Waals surface area contributed by atoms with Crippen molar-refractivity contribution in [2.45, 2.75) is 19.8 Å². The van der Waals surface area contributed by atoms with Crippen molar-refractivity contribution in [3.05, 3.63) is 11.1 Å². The zero-order valence-corrected chi connectivity index (χ0v) is 11.4. The number of aromatic nitrogens is 1. The highest BCUT2D eigenvalue weighted by atomic mass is 32.1. The molecule has 0 unspecified atom stereocenters. The number of hydrogen-bond acceptors (Lipinski definition) is 5. The predicted octanol–water partition coefficient (Wildman–Crippen LogP) is 1.31. The molecule has 0 amide bonds. The van der Waals surface area contributed by atoms with Crippen LogP contribution in [0.5, 0.6) is 0 Å². The maximum atomic E-state index is 5.51. The van der Waals surface area contributed by atoms with Crippen molar-refractivity contribution in [2.24, 2.45) is 5.73 Å². The van der Waals surface area contributed by atoms with E-state index in [4.69, 9.17) is 5.73 Å². The number of aryl methyl sites for hydroxylation is 1. The van der Waals surface area contributed by atoms with Crippen LogP contribution in [0.15, 0.2) is 5.38 Å². The van der Waals surface area contributed by atoms with Gasteiger partial charge in [-0.25, -0.2) is 4.98 Å². The fourth-order valence-corrected chi connectivity index (χ4v) is 2.99. The van der Waals surface area contributed by atoms with E-state index in [1.54, 1.807) is 11.3 Å². The molecule has 1 saturated heterocycles. The zero-order valence-electron chi connectivity index (χ0n) is 10.6. The highest BCUT2D eigenvalue weighted by Crippen LogP contribution is 2.21. The van der Waals surface area contributed by atoms with Crippen molar-refractivity contribution >= 4 is 16.5 Å². The van der Waals surface area contributed by atoms with E-state index in [9.17, 15) is 0 Å². The second-order valence-electron chi connectivity index (χ2n) is 4.60. The van der Waals surface area contributed by atoms with Crippen molar-refractivity contribution in [3.8, 4) is 0 Å². The highest BCUT2D eigenvalue weighted by Gasteiger charge is 2.18. The molecule has 0 aliphatic carbocycles. The van der Waals surface area contributed by atoms with Gasteiger partial charge in [-0.1, -0.05) is 0 Å². The van der Waals surface area contributed by atoms with Gasteiger partial charge in [0.2, 0.25) is 0 Å². The zero-order chi connectivity index (χ0) is 12.1. The Balaban J connectivity index is 1.74. The largest absolute Gasteiger partial charge is 0.346 e. The van der Waals surface area contributed by atoms with Crippen LogP contribution in [0.1, 0.15) is 18.5 Å². The molecule has 0 spiro atoms. The quantitative estimate of drug-likeness (QED) is 0.805. The fraction of sp³-hybridized carbons (Fsp3) is 0.750. The molecule has 1 fully saturated rings. The lowest BCUT2D eigenvalue weighted by molar-refractivity contribution is 0.253. The van der Waals surface area contributed by atoms with Crippen LogP contribution < -0.4 is 10.6 Å². The van der Waals surface area contributed by atoms with Gasteiger partial charge in [-0.15, -0.1) is 11.3 Å². The Hall–Kier alpha value is -0.650. The predicted molar refractivity (Wildman–Crippen MR) is 73.8 cm³/mol. The van der Waals surface area contributed by atoms with Gasteiger partial charge >= 0.3 is 0 Å². The number of piperazine rings is 1. The summed E-state index contributed by atoms with van der Waals surface area (Å²) in [6.45, 7) is 8.60. The second-order valence-corrected chi connectivity index (χ2v) is 5.43. The molecule has 4 nitrogen and oxygen atoms in total. The number of unbranched alkanes of at least 4 members (excludes halogenated alkanes) is 1. The topological polar surface area (TPSA) is 45.4 Å². The van der Waals surface area contributed by atoms with Crippen molar-refractivity contribution in [1.29, 1.82) is 0 Å². The summed E-state index contributed by atoms with van der Waals surface area (Å²) in [5.41, 5.74) is 6.65. The van der Waals surface area contributed by atoms with Crippen molar-refractivity contribution < 1.29 is 0 Å². The summed E-state index contributed by atoms with van der Waals surface area (Å²) in [5, 5.41) is 3.31. The maximum absolute atomic E-state index is 5.51. The summed E-state index contributed by atoms with van der Waals surface area (Å²) in [5.74, 6) is 0. The number of nitrogens with two attached hydrogens (primary N) is 1. The van der Waals surface area contributed by atoms with E-state index in [1.165, 1.54) is 18.1 Å². The Kier molecular flexibility index (Phi) is 4.76. The standard InChI is InChI=1S/C12H22N4S/c1-11-10-17-12(14-11)16-8-6-15(7-9-16)5-3-2-4-13/h10H,2-9,13H2,1H3. The monoisotopic (exact) mass is 254 g/mol. The summed E-state index contributed by atoms with van der Waals surface area (Å²) in [6.07, 6.45) is 2.37. The molecule has 1 aromatic rings. The number of hydrogen-bond donors (Lipinski definition) is 1. The molecule has 1 aliphatic rings. The van der Waals surface area contributed by atoms with Gasteiger partial charge in [-0.2, -0.15) is 0 Å². The molecule has 0 bridgehead atoms. The van der Waals surface area contributed by atoms with Crippen LogP contribution in [0.2, 0.25) is 0 Å². The Labute approximate surface area is 107 Å². The van der Waals surface area contributed by atoms with Crippen LogP contribution >= 0.6 is 11.3 Å². The van der Waals surface area contributed by atoms with E-state index >= 15 is 0 Å². The summed E-state index contributed by atoms with van der Waals surface area (Å²) in [6, 6.07) is 0. The molecular formula is C12H22N4S. The molecule has 0 saturated carbocycles. The Bertz CT molecular complexity index is 331. The van der Waals surface area contributed by atoms with Crippen LogP contribution in [0.3, 0.4) is 0 Å². The lowest BCUT2D eigenvalue weighted by Gasteiger charge is -2.34. The molecular weight excluding hydrogens is 232 g/mol. The molecule has 2 heterocycles. The molecule has 0 atom stereocenters. The van der Waals surface area contributed by atoms with Crippen LogP contribution in [-0.4, -0.2) is 49.2 Å². The molecule has 96 valence electrons. The van der Waals surface area contributed by atoms with Crippen LogP contribution in [0, 0.1) is 6.92 Å². The Morgan fingerprint density at radius 2 is 2.06 bits per heavy atom. The van der Waals surface area contributed by atoms with Crippen LogP contribution in [0.4, 0.5) is 5.13 Å². The third-order valence-corrected chi connectivity index (χ3v) is 4.20. The first-order valence-corrected chi connectivity index (χ1v) is 7.27. The summed E-state index contributed by atoms with van der Waals surface area (Å²) < 4.78 is 0. The molecule has 0 radical (unpaired) electrons. The minimum atomic E-state index is 0.818. The Morgan fingerprint density at radius 1 is 1.29 bits per heavy atom. The fourth-order valence-electron chi connectivity index (χ4n) is 2.13. The van der Waals surface area contributed by atoms with Crippen molar-refractivity contribution in [1.82, 2.24) is 9.88 Å². The van der Waals surface area contributed by atoms with Crippen LogP contribution in [-0.2, 0) is 0 Å². The highest BCUT2D eigenvalue weighted by molar-refractivity contribution is 7.13. The minimum Gasteiger partial charge on any atom is -0.346 e. The average Bonchev–Trinajstić information content (AvgIpc) is 2.77. The van der Waals surface area contributed by atoms with Gasteiger partial charge in [0.05, 0.1) is 5.69 Å². The first kappa shape index (κ1) is 12.8. The van der Waals surface area contributed by atoms with E-state index in [-0.39, 0.29) is 0 Å². The van der Waals surface area contributed by atoms with Gasteiger partial charge in [0.15, 0.2) is 5.13 Å². The smallest absolute Gasteiger partial charge is 0.185 e. The number of anilines is 1. The molecule has 2 N–H and O–H groups in total. The molecule has 17 heavy (non-hydrogen) atoms. The van der Waals surface area contributed by atoms with E-state index in [0.717, 1.165) is 44.8 Å². The third-order valence-electron chi connectivity index (χ3n) is 3.18.